The van der Waals surface area contributed by atoms with E-state index in [4.69, 9.17) is 0 Å². The Bertz CT molecular complexity index is 210. The zero-order valence-electron chi connectivity index (χ0n) is 4.57. The highest BCUT2D eigenvalue weighted by molar-refractivity contribution is 5.85. The van der Waals surface area contributed by atoms with Crippen LogP contribution in [0.4, 0.5) is 0 Å². The summed E-state index contributed by atoms with van der Waals surface area (Å²) in [5, 5.41) is 0. The predicted octanol–water partition coefficient (Wildman–Crippen LogP) is -2.49. The van der Waals surface area contributed by atoms with Crippen molar-refractivity contribution in [3.05, 3.63) is 30.1 Å². The average molecular weight is 234 g/mol. The maximum Gasteiger partial charge on any atom is 0.392 e. The minimum absolute atomic E-state index is 0.0684. The Balaban J connectivity index is 2.98. The second-order valence-corrected chi connectivity index (χ2v) is 2.59. The lowest BCUT2D eigenvalue weighted by Crippen LogP contribution is -3.38. The molecule has 0 unspecified atom stereocenters. The quantitative estimate of drug-likeness (QED) is 0.397. The summed E-state index contributed by atoms with van der Waals surface area (Å²) in [7, 11) is 0. The van der Waals surface area contributed by atoms with Gasteiger partial charge in [0.1, 0.15) is 0 Å². The van der Waals surface area contributed by atoms with Crippen LogP contribution in [0.2, 0.25) is 0 Å². The van der Waals surface area contributed by atoms with Gasteiger partial charge in [0.15, 0.2) is 0 Å². The molecule has 0 bridgehead atoms. The molecule has 0 atom stereocenters. The monoisotopic (exact) mass is 234 g/mol. The summed E-state index contributed by atoms with van der Waals surface area (Å²) in [4.78, 5) is 14.4. The molecule has 9 heavy (non-hydrogen) atoms. The maximum atomic E-state index is 10.6. The summed E-state index contributed by atoms with van der Waals surface area (Å²) in [5.41, 5.74) is 0.669. The molecule has 2 nitrogen and oxygen atoms in total. The van der Waals surface area contributed by atoms with Gasteiger partial charge in [0.05, 0.1) is 5.56 Å². The molecule has 0 aromatic carbocycles. The number of hydrogen-bond donors (Lipinski definition) is 0. The lowest BCUT2D eigenvalue weighted by Gasteiger charge is -1.82. The summed E-state index contributed by atoms with van der Waals surface area (Å²) >= 11 is 1.46. The van der Waals surface area contributed by atoms with Crippen LogP contribution in [0.25, 0.3) is 0 Å². The first-order chi connectivity index (χ1) is 4.30. The van der Waals surface area contributed by atoms with Crippen LogP contribution in [0.3, 0.4) is 0 Å². The van der Waals surface area contributed by atoms with Crippen molar-refractivity contribution in [3.8, 4) is 0 Å². The number of nitrogens with zero attached hydrogens (tertiary/aromatic N) is 1. The van der Waals surface area contributed by atoms with Gasteiger partial charge in [0, 0.05) is 12.4 Å². The van der Waals surface area contributed by atoms with Gasteiger partial charge in [0.25, 0.3) is 0 Å². The molecule has 3 heteroatoms. The van der Waals surface area contributed by atoms with E-state index in [1.165, 1.54) is 22.6 Å². The summed E-state index contributed by atoms with van der Waals surface area (Å²) in [5.74, 6) is 0. The van der Waals surface area contributed by atoms with Crippen LogP contribution in [-0.2, 0) is 0 Å². The van der Waals surface area contributed by atoms with E-state index < -0.39 is 0 Å². The van der Waals surface area contributed by atoms with Gasteiger partial charge >= 0.3 is 26.4 Å². The normalized spacial score (nSPS) is 9.00. The van der Waals surface area contributed by atoms with Crippen LogP contribution < -0.4 is 22.6 Å². The molecule has 0 aliphatic rings. The van der Waals surface area contributed by atoms with Crippen molar-refractivity contribution >= 4 is 3.79 Å². The van der Waals surface area contributed by atoms with E-state index in [2.05, 4.69) is 4.98 Å². The minimum atomic E-state index is 0.0684. The van der Waals surface area contributed by atoms with E-state index in [0.29, 0.717) is 5.56 Å². The second-order valence-electron chi connectivity index (χ2n) is 1.53. The molecule has 0 aliphatic carbocycles. The van der Waals surface area contributed by atoms with Gasteiger partial charge in [-0.2, -0.15) is 0 Å². The van der Waals surface area contributed by atoms with Gasteiger partial charge in [-0.15, -0.1) is 0 Å². The number of pyridine rings is 1. The highest BCUT2D eigenvalue weighted by Gasteiger charge is 2.06. The molecule has 0 amide bonds. The van der Waals surface area contributed by atoms with E-state index >= 15 is 0 Å². The van der Waals surface area contributed by atoms with Crippen molar-refractivity contribution in [2.45, 2.75) is 0 Å². The topological polar surface area (TPSA) is 30.0 Å². The summed E-state index contributed by atoms with van der Waals surface area (Å²) in [6.45, 7) is 0. The number of rotatable bonds is 1. The molecule has 1 aromatic heterocycles. The Labute approximate surface area is 66.4 Å². The van der Waals surface area contributed by atoms with Crippen molar-refractivity contribution < 1.29 is 27.4 Å². The van der Waals surface area contributed by atoms with Gasteiger partial charge in [0.2, 0.25) is 0 Å². The molecule has 0 spiro atoms. The fourth-order valence-corrected chi connectivity index (χ4v) is 0.828. The minimum Gasteiger partial charge on any atom is -0.264 e. The first-order valence-corrected chi connectivity index (χ1v) is 3.58. The van der Waals surface area contributed by atoms with Crippen LogP contribution in [0, 0.1) is 0 Å². The van der Waals surface area contributed by atoms with Crippen LogP contribution in [0.1, 0.15) is 10.4 Å². The number of carbonyl (C=O) groups excluding carboxylic acids is 1. The molecular formula is C6H5INO+. The summed E-state index contributed by atoms with van der Waals surface area (Å²) < 4.78 is 0.0684. The molecule has 0 radical (unpaired) electrons. The van der Waals surface area contributed by atoms with Gasteiger partial charge < -0.3 is 0 Å². The van der Waals surface area contributed by atoms with Crippen molar-refractivity contribution in [1.29, 1.82) is 0 Å². The van der Waals surface area contributed by atoms with Gasteiger partial charge in [-0.3, -0.25) is 4.98 Å². The number of halogens is 1. The lowest BCUT2D eigenvalue weighted by atomic mass is 10.3. The molecule has 46 valence electrons. The number of hydrogen-bond acceptors (Lipinski definition) is 2. The van der Waals surface area contributed by atoms with E-state index in [1.807, 2.05) is 0 Å². The highest BCUT2D eigenvalue weighted by atomic mass is 127. The van der Waals surface area contributed by atoms with Crippen LogP contribution in [0.15, 0.2) is 24.5 Å². The third kappa shape index (κ3) is 1.74. The molecule has 0 aliphatic heterocycles. The SMILES string of the molecule is O=C([IH+])c1cccnc1. The van der Waals surface area contributed by atoms with Crippen molar-refractivity contribution in [2.24, 2.45) is 0 Å². The van der Waals surface area contributed by atoms with Crippen LogP contribution in [0.5, 0.6) is 0 Å². The first-order valence-electron chi connectivity index (χ1n) is 2.42. The van der Waals surface area contributed by atoms with E-state index in [9.17, 15) is 4.79 Å². The highest BCUT2D eigenvalue weighted by Crippen LogP contribution is 1.89. The zero-order valence-corrected chi connectivity index (χ0v) is 6.90. The van der Waals surface area contributed by atoms with Crippen molar-refractivity contribution in [2.75, 3.05) is 0 Å². The molecule has 0 saturated carbocycles. The Morgan fingerprint density at radius 3 is 2.78 bits per heavy atom. The number of aromatic nitrogens is 1. The van der Waals surface area contributed by atoms with Crippen LogP contribution in [-0.4, -0.2) is 8.77 Å². The standard InChI is InChI=1S/C6H5INO/c7-6(9)5-2-1-3-8-4-5/h1-4,7H/q+1. The van der Waals surface area contributed by atoms with E-state index in [0.717, 1.165) is 0 Å². The second kappa shape index (κ2) is 2.91. The Hall–Kier alpha value is -0.450. The predicted molar refractivity (Wildman–Crippen MR) is 30.0 cm³/mol. The van der Waals surface area contributed by atoms with E-state index in [-0.39, 0.29) is 3.79 Å². The molecule has 1 heterocycles. The average Bonchev–Trinajstić information content (AvgIpc) is 1.90. The Kier molecular flexibility index (Phi) is 2.16. The fourth-order valence-electron chi connectivity index (χ4n) is 0.484. The fraction of sp³-hybridized carbons (Fsp3) is 0. The summed E-state index contributed by atoms with van der Waals surface area (Å²) in [6, 6.07) is 3.50. The van der Waals surface area contributed by atoms with Crippen molar-refractivity contribution in [3.63, 3.8) is 0 Å². The van der Waals surface area contributed by atoms with Crippen molar-refractivity contribution in [1.82, 2.24) is 4.98 Å². The molecule has 1 rings (SSSR count). The molecule has 0 fully saturated rings. The third-order valence-electron chi connectivity index (χ3n) is 0.897. The first kappa shape index (κ1) is 6.67. The Morgan fingerprint density at radius 1 is 1.67 bits per heavy atom. The Morgan fingerprint density at radius 2 is 2.44 bits per heavy atom. The molecular weight excluding hydrogens is 229 g/mol. The number of carbonyl (C=O) groups is 1. The smallest absolute Gasteiger partial charge is 0.264 e. The largest absolute Gasteiger partial charge is 0.392 e. The summed E-state index contributed by atoms with van der Waals surface area (Å²) in [6.07, 6.45) is 3.21. The lowest BCUT2D eigenvalue weighted by molar-refractivity contribution is -0.255. The third-order valence-corrected chi connectivity index (χ3v) is 1.57. The van der Waals surface area contributed by atoms with Gasteiger partial charge in [-0.05, 0) is 12.1 Å². The van der Waals surface area contributed by atoms with Gasteiger partial charge in [-0.1, -0.05) is 0 Å². The molecule has 1 aromatic rings. The molecule has 0 saturated heterocycles. The zero-order chi connectivity index (χ0) is 6.69. The molecule has 0 N–H and O–H groups in total. The van der Waals surface area contributed by atoms with E-state index in [1.54, 1.807) is 24.5 Å². The maximum absolute atomic E-state index is 10.6. The van der Waals surface area contributed by atoms with Crippen LogP contribution >= 0.6 is 0 Å². The van der Waals surface area contributed by atoms with Gasteiger partial charge in [-0.25, -0.2) is 4.79 Å².